The standard InChI is InChI=1S/C16H14BrCl2F/c17-14-6-4-13(5-7-14)16(10-18,11-19)9-12-2-1-3-15(20)8-12/h1-8H,9-11H2. The first-order valence-electron chi connectivity index (χ1n) is 6.22. The Bertz CT molecular complexity index is 565. The number of hydrogen-bond acceptors (Lipinski definition) is 0. The van der Waals surface area contributed by atoms with Crippen LogP contribution in [0, 0.1) is 5.82 Å². The zero-order chi connectivity index (χ0) is 14.6. The largest absolute Gasteiger partial charge is 0.207 e. The van der Waals surface area contributed by atoms with Crippen molar-refractivity contribution in [2.75, 3.05) is 11.8 Å². The summed E-state index contributed by atoms with van der Waals surface area (Å²) >= 11 is 15.8. The van der Waals surface area contributed by atoms with Gasteiger partial charge < -0.3 is 0 Å². The van der Waals surface area contributed by atoms with Gasteiger partial charge in [-0.05, 0) is 41.8 Å². The van der Waals surface area contributed by atoms with E-state index in [1.54, 1.807) is 6.07 Å². The van der Waals surface area contributed by atoms with Crippen LogP contribution in [0.25, 0.3) is 0 Å². The Kier molecular flexibility index (Phi) is 5.48. The summed E-state index contributed by atoms with van der Waals surface area (Å²) in [6, 6.07) is 14.5. The Hall–Kier alpha value is -0.570. The molecular formula is C16H14BrCl2F. The number of hydrogen-bond donors (Lipinski definition) is 0. The first kappa shape index (κ1) is 15.8. The third-order valence-corrected chi connectivity index (χ3v) is 4.95. The van der Waals surface area contributed by atoms with Crippen LogP contribution in [0.3, 0.4) is 0 Å². The van der Waals surface area contributed by atoms with E-state index >= 15 is 0 Å². The lowest BCUT2D eigenvalue weighted by Gasteiger charge is -2.30. The SMILES string of the molecule is Fc1cccc(CC(CCl)(CCl)c2ccc(Br)cc2)c1. The van der Waals surface area contributed by atoms with Gasteiger partial charge in [-0.25, -0.2) is 4.39 Å². The topological polar surface area (TPSA) is 0 Å². The molecule has 0 bridgehead atoms. The van der Waals surface area contributed by atoms with Gasteiger partial charge in [-0.15, -0.1) is 23.2 Å². The van der Waals surface area contributed by atoms with Crippen LogP contribution in [0.1, 0.15) is 11.1 Å². The van der Waals surface area contributed by atoms with E-state index in [0.29, 0.717) is 18.2 Å². The summed E-state index contributed by atoms with van der Waals surface area (Å²) in [6.45, 7) is 0. The quantitative estimate of drug-likeness (QED) is 0.601. The highest BCUT2D eigenvalue weighted by Gasteiger charge is 2.31. The lowest BCUT2D eigenvalue weighted by atomic mass is 9.79. The molecular weight excluding hydrogens is 362 g/mol. The molecule has 0 fully saturated rings. The molecule has 2 aromatic rings. The summed E-state index contributed by atoms with van der Waals surface area (Å²) in [4.78, 5) is 0. The van der Waals surface area contributed by atoms with Gasteiger partial charge >= 0.3 is 0 Å². The van der Waals surface area contributed by atoms with Crippen molar-refractivity contribution in [2.24, 2.45) is 0 Å². The molecule has 4 heteroatoms. The van der Waals surface area contributed by atoms with Gasteiger partial charge in [-0.1, -0.05) is 40.2 Å². The molecule has 20 heavy (non-hydrogen) atoms. The summed E-state index contributed by atoms with van der Waals surface area (Å²) in [7, 11) is 0. The second kappa shape index (κ2) is 6.93. The van der Waals surface area contributed by atoms with Crippen molar-refractivity contribution in [1.29, 1.82) is 0 Å². The van der Waals surface area contributed by atoms with Crippen LogP contribution in [0.2, 0.25) is 0 Å². The Morgan fingerprint density at radius 1 is 1.00 bits per heavy atom. The summed E-state index contributed by atoms with van der Waals surface area (Å²) in [5, 5.41) is 0. The second-order valence-electron chi connectivity index (χ2n) is 4.86. The highest BCUT2D eigenvalue weighted by molar-refractivity contribution is 9.10. The van der Waals surface area contributed by atoms with Gasteiger partial charge in [0.1, 0.15) is 5.82 Å². The molecule has 0 heterocycles. The molecule has 0 aromatic heterocycles. The van der Waals surface area contributed by atoms with E-state index in [0.717, 1.165) is 15.6 Å². The Labute approximate surface area is 137 Å². The van der Waals surface area contributed by atoms with Crippen LogP contribution in [-0.2, 0) is 11.8 Å². The Morgan fingerprint density at radius 3 is 2.20 bits per heavy atom. The van der Waals surface area contributed by atoms with Gasteiger partial charge in [-0.3, -0.25) is 0 Å². The lowest BCUT2D eigenvalue weighted by molar-refractivity contribution is 0.533. The molecule has 0 unspecified atom stereocenters. The molecule has 0 saturated heterocycles. The molecule has 0 atom stereocenters. The van der Waals surface area contributed by atoms with Crippen molar-refractivity contribution in [3.05, 3.63) is 69.9 Å². The number of alkyl halides is 2. The van der Waals surface area contributed by atoms with Gasteiger partial charge in [0.2, 0.25) is 0 Å². The lowest BCUT2D eigenvalue weighted by Crippen LogP contribution is -2.33. The van der Waals surface area contributed by atoms with E-state index in [2.05, 4.69) is 15.9 Å². The minimum atomic E-state index is -0.391. The van der Waals surface area contributed by atoms with E-state index in [1.807, 2.05) is 30.3 Å². The maximum Gasteiger partial charge on any atom is 0.123 e. The molecule has 0 radical (unpaired) electrons. The number of benzene rings is 2. The summed E-state index contributed by atoms with van der Waals surface area (Å²) in [6.07, 6.45) is 0.611. The monoisotopic (exact) mass is 374 g/mol. The van der Waals surface area contributed by atoms with E-state index in [-0.39, 0.29) is 5.82 Å². The van der Waals surface area contributed by atoms with Gasteiger partial charge in [0, 0.05) is 21.6 Å². The van der Waals surface area contributed by atoms with Crippen LogP contribution in [0.4, 0.5) is 4.39 Å². The number of halogens is 4. The van der Waals surface area contributed by atoms with Crippen molar-refractivity contribution >= 4 is 39.1 Å². The minimum absolute atomic E-state index is 0.239. The Balaban J connectivity index is 2.36. The molecule has 2 aromatic carbocycles. The molecule has 0 spiro atoms. The number of rotatable bonds is 5. The summed E-state index contributed by atoms with van der Waals surface area (Å²) < 4.78 is 14.3. The molecule has 106 valence electrons. The molecule has 0 aliphatic carbocycles. The van der Waals surface area contributed by atoms with Crippen LogP contribution < -0.4 is 0 Å². The van der Waals surface area contributed by atoms with Crippen molar-refractivity contribution < 1.29 is 4.39 Å². The highest BCUT2D eigenvalue weighted by atomic mass is 79.9. The first-order chi connectivity index (χ1) is 9.59. The van der Waals surface area contributed by atoms with Gasteiger partial charge in [0.05, 0.1) is 0 Å². The van der Waals surface area contributed by atoms with Crippen molar-refractivity contribution in [2.45, 2.75) is 11.8 Å². The van der Waals surface area contributed by atoms with Crippen LogP contribution in [0.15, 0.2) is 53.0 Å². The maximum atomic E-state index is 13.3. The highest BCUT2D eigenvalue weighted by Crippen LogP contribution is 2.32. The third kappa shape index (κ3) is 3.55. The molecule has 0 aliphatic rings. The van der Waals surface area contributed by atoms with Crippen molar-refractivity contribution in [3.63, 3.8) is 0 Å². The van der Waals surface area contributed by atoms with E-state index in [4.69, 9.17) is 23.2 Å². The van der Waals surface area contributed by atoms with Gasteiger partial charge in [-0.2, -0.15) is 0 Å². The minimum Gasteiger partial charge on any atom is -0.207 e. The van der Waals surface area contributed by atoms with Crippen molar-refractivity contribution in [1.82, 2.24) is 0 Å². The van der Waals surface area contributed by atoms with Crippen LogP contribution in [0.5, 0.6) is 0 Å². The second-order valence-corrected chi connectivity index (χ2v) is 6.31. The van der Waals surface area contributed by atoms with Gasteiger partial charge in [0.15, 0.2) is 0 Å². The molecule has 0 nitrogen and oxygen atoms in total. The predicted molar refractivity (Wildman–Crippen MR) is 87.4 cm³/mol. The Morgan fingerprint density at radius 2 is 1.65 bits per heavy atom. The average Bonchev–Trinajstić information content (AvgIpc) is 2.46. The van der Waals surface area contributed by atoms with E-state index in [1.165, 1.54) is 12.1 Å². The van der Waals surface area contributed by atoms with Crippen LogP contribution in [-0.4, -0.2) is 11.8 Å². The molecule has 0 N–H and O–H groups in total. The average molecular weight is 376 g/mol. The zero-order valence-electron chi connectivity index (χ0n) is 10.8. The first-order valence-corrected chi connectivity index (χ1v) is 8.08. The van der Waals surface area contributed by atoms with Crippen molar-refractivity contribution in [3.8, 4) is 0 Å². The van der Waals surface area contributed by atoms with Gasteiger partial charge in [0.25, 0.3) is 0 Å². The third-order valence-electron chi connectivity index (χ3n) is 3.40. The molecule has 0 aliphatic heterocycles. The van der Waals surface area contributed by atoms with Crippen LogP contribution >= 0.6 is 39.1 Å². The molecule has 0 amide bonds. The molecule has 0 saturated carbocycles. The maximum absolute atomic E-state index is 13.3. The fraction of sp³-hybridized carbons (Fsp3) is 0.250. The van der Waals surface area contributed by atoms with E-state index in [9.17, 15) is 4.39 Å². The smallest absolute Gasteiger partial charge is 0.123 e. The summed E-state index contributed by atoms with van der Waals surface area (Å²) in [5.41, 5.74) is 1.57. The fourth-order valence-corrected chi connectivity index (χ4v) is 3.28. The normalized spacial score (nSPS) is 11.6. The fourth-order valence-electron chi connectivity index (χ4n) is 2.23. The zero-order valence-corrected chi connectivity index (χ0v) is 13.8. The summed E-state index contributed by atoms with van der Waals surface area (Å²) in [5.74, 6) is 0.528. The van der Waals surface area contributed by atoms with E-state index < -0.39 is 5.41 Å². The predicted octanol–water partition coefficient (Wildman–Crippen LogP) is 5.55. The molecule has 2 rings (SSSR count).